The lowest BCUT2D eigenvalue weighted by atomic mass is 10.1. The Balaban J connectivity index is 2.41. The predicted molar refractivity (Wildman–Crippen MR) is 66.5 cm³/mol. The first kappa shape index (κ1) is 10.6. The van der Waals surface area contributed by atoms with Crippen molar-refractivity contribution < 1.29 is 0 Å². The summed E-state index contributed by atoms with van der Waals surface area (Å²) in [6.07, 6.45) is 0. The fourth-order valence-electron chi connectivity index (χ4n) is 1.44. The zero-order valence-corrected chi connectivity index (χ0v) is 10.6. The van der Waals surface area contributed by atoms with E-state index in [1.54, 1.807) is 3.96 Å². The highest BCUT2D eigenvalue weighted by Gasteiger charge is 2.12. The second-order valence-corrected chi connectivity index (χ2v) is 4.98. The van der Waals surface area contributed by atoms with Crippen LogP contribution in [0.3, 0.4) is 0 Å². The molecule has 0 aliphatic rings. The molecule has 1 aromatic heterocycles. The molecule has 0 N–H and O–H groups in total. The first-order valence-corrected chi connectivity index (χ1v) is 6.24. The number of benzene rings is 1. The van der Waals surface area contributed by atoms with Crippen molar-refractivity contribution in [3.63, 3.8) is 0 Å². The van der Waals surface area contributed by atoms with Gasteiger partial charge in [0.2, 0.25) is 0 Å². The summed E-state index contributed by atoms with van der Waals surface area (Å²) < 4.78 is 2.40. The molecule has 2 nitrogen and oxygen atoms in total. The topological polar surface area (TPSA) is 22.0 Å². The molecule has 0 saturated heterocycles. The van der Waals surface area contributed by atoms with Crippen molar-refractivity contribution >= 4 is 27.5 Å². The molecule has 0 spiro atoms. The van der Waals surface area contributed by atoms with Crippen molar-refractivity contribution in [2.75, 3.05) is 0 Å². The number of hydrogen-bond acceptors (Lipinski definition) is 2. The van der Waals surface area contributed by atoms with Gasteiger partial charge < -0.3 is 0 Å². The Bertz CT molecular complexity index is 503. The number of rotatable bonds is 2. The SMILES string of the molecule is C[C@@H](c1ccccc1)n1scc(Br)c1=O. The van der Waals surface area contributed by atoms with Crippen LogP contribution < -0.4 is 5.56 Å². The molecule has 15 heavy (non-hydrogen) atoms. The summed E-state index contributed by atoms with van der Waals surface area (Å²) in [7, 11) is 0. The maximum atomic E-state index is 11.7. The van der Waals surface area contributed by atoms with E-state index in [0.717, 1.165) is 5.56 Å². The highest BCUT2D eigenvalue weighted by molar-refractivity contribution is 9.10. The molecule has 0 amide bonds. The van der Waals surface area contributed by atoms with Crippen molar-refractivity contribution in [3.05, 3.63) is 56.1 Å². The van der Waals surface area contributed by atoms with Crippen LogP contribution in [0.5, 0.6) is 0 Å². The third kappa shape index (κ3) is 2.06. The predicted octanol–water partition coefficient (Wildman–Crippen LogP) is 3.28. The van der Waals surface area contributed by atoms with Crippen molar-refractivity contribution in [3.8, 4) is 0 Å². The molecule has 0 aliphatic carbocycles. The molecule has 78 valence electrons. The molecule has 2 rings (SSSR count). The molecule has 0 unspecified atom stereocenters. The fourth-order valence-corrected chi connectivity index (χ4v) is 2.81. The van der Waals surface area contributed by atoms with Gasteiger partial charge in [-0.2, -0.15) is 0 Å². The molecular weight excluding hydrogens is 274 g/mol. The van der Waals surface area contributed by atoms with Gasteiger partial charge in [0.1, 0.15) is 0 Å². The van der Waals surface area contributed by atoms with E-state index in [9.17, 15) is 4.79 Å². The minimum atomic E-state index is 0.0383. The average Bonchev–Trinajstić information content (AvgIpc) is 2.60. The summed E-state index contributed by atoms with van der Waals surface area (Å²) in [5.41, 5.74) is 1.19. The van der Waals surface area contributed by atoms with Crippen LogP contribution in [0.2, 0.25) is 0 Å². The molecule has 0 saturated carbocycles. The maximum absolute atomic E-state index is 11.7. The van der Waals surface area contributed by atoms with Gasteiger partial charge >= 0.3 is 0 Å². The van der Waals surface area contributed by atoms with Gasteiger partial charge in [0.15, 0.2) is 0 Å². The van der Waals surface area contributed by atoms with Gasteiger partial charge in [-0.05, 0) is 28.4 Å². The monoisotopic (exact) mass is 283 g/mol. The van der Waals surface area contributed by atoms with E-state index in [-0.39, 0.29) is 11.6 Å². The Morgan fingerprint density at radius 3 is 2.53 bits per heavy atom. The number of aromatic nitrogens is 1. The van der Waals surface area contributed by atoms with E-state index in [2.05, 4.69) is 15.9 Å². The maximum Gasteiger partial charge on any atom is 0.275 e. The molecule has 4 heteroatoms. The minimum Gasteiger partial charge on any atom is -0.267 e. The van der Waals surface area contributed by atoms with Gasteiger partial charge in [0.25, 0.3) is 5.56 Å². The largest absolute Gasteiger partial charge is 0.275 e. The summed E-state index contributed by atoms with van der Waals surface area (Å²) >= 11 is 4.67. The van der Waals surface area contributed by atoms with E-state index in [0.29, 0.717) is 4.47 Å². The van der Waals surface area contributed by atoms with Crippen molar-refractivity contribution in [1.29, 1.82) is 0 Å². The third-order valence-corrected chi connectivity index (χ3v) is 4.23. The van der Waals surface area contributed by atoms with Crippen molar-refractivity contribution in [2.45, 2.75) is 13.0 Å². The molecule has 0 radical (unpaired) electrons. The average molecular weight is 284 g/mol. The van der Waals surface area contributed by atoms with Crippen LogP contribution in [0.1, 0.15) is 18.5 Å². The summed E-state index contributed by atoms with van der Waals surface area (Å²) in [5.74, 6) is 0. The number of halogens is 1. The summed E-state index contributed by atoms with van der Waals surface area (Å²) in [6.45, 7) is 2.03. The van der Waals surface area contributed by atoms with E-state index in [1.807, 2.05) is 42.6 Å². The van der Waals surface area contributed by atoms with E-state index < -0.39 is 0 Å². The van der Waals surface area contributed by atoms with Gasteiger partial charge in [-0.1, -0.05) is 41.9 Å². The molecule has 2 aromatic rings. The molecule has 0 bridgehead atoms. The summed E-state index contributed by atoms with van der Waals surface area (Å²) in [5, 5.41) is 1.82. The molecule has 0 aliphatic heterocycles. The fraction of sp³-hybridized carbons (Fsp3) is 0.182. The van der Waals surface area contributed by atoms with Crippen LogP contribution >= 0.6 is 27.5 Å². The number of nitrogens with zero attached hydrogens (tertiary/aromatic N) is 1. The van der Waals surface area contributed by atoms with Crippen LogP contribution in [0.25, 0.3) is 0 Å². The lowest BCUT2D eigenvalue weighted by Gasteiger charge is -2.11. The zero-order valence-electron chi connectivity index (χ0n) is 8.18. The first-order chi connectivity index (χ1) is 7.20. The molecule has 1 atom stereocenters. The second-order valence-electron chi connectivity index (χ2n) is 3.29. The Morgan fingerprint density at radius 1 is 1.33 bits per heavy atom. The standard InChI is InChI=1S/C11H10BrNOS/c1-8(9-5-3-2-4-6-9)13-11(14)10(12)7-15-13/h2-8H,1H3/t8-/m0/s1. The number of hydrogen-bond donors (Lipinski definition) is 0. The molecule has 0 fully saturated rings. The van der Waals surface area contributed by atoms with Gasteiger partial charge in [-0.3, -0.25) is 8.75 Å². The van der Waals surface area contributed by atoms with E-state index in [4.69, 9.17) is 0 Å². The van der Waals surface area contributed by atoms with Crippen LogP contribution in [0.15, 0.2) is 45.0 Å². The quantitative estimate of drug-likeness (QED) is 0.829. The normalized spacial score (nSPS) is 12.7. The molecule has 1 aromatic carbocycles. The van der Waals surface area contributed by atoms with Crippen LogP contribution in [0.4, 0.5) is 0 Å². The van der Waals surface area contributed by atoms with E-state index in [1.165, 1.54) is 11.5 Å². The van der Waals surface area contributed by atoms with Gasteiger partial charge in [-0.15, -0.1) is 0 Å². The molecular formula is C11H10BrNOS. The first-order valence-electron chi connectivity index (χ1n) is 4.61. The van der Waals surface area contributed by atoms with Crippen LogP contribution in [-0.4, -0.2) is 3.96 Å². The Labute approximate surface area is 100 Å². The Hall–Kier alpha value is -0.870. The Morgan fingerprint density at radius 2 is 2.00 bits per heavy atom. The zero-order chi connectivity index (χ0) is 10.8. The van der Waals surface area contributed by atoms with Crippen molar-refractivity contribution in [1.82, 2.24) is 3.96 Å². The summed E-state index contributed by atoms with van der Waals surface area (Å²) in [6, 6.07) is 10.1. The van der Waals surface area contributed by atoms with Crippen molar-refractivity contribution in [2.24, 2.45) is 0 Å². The summed E-state index contributed by atoms with van der Waals surface area (Å²) in [4.78, 5) is 11.7. The molecule has 1 heterocycles. The lowest BCUT2D eigenvalue weighted by molar-refractivity contribution is 0.673. The van der Waals surface area contributed by atoms with Gasteiger partial charge in [-0.25, -0.2) is 0 Å². The highest BCUT2D eigenvalue weighted by atomic mass is 79.9. The smallest absolute Gasteiger partial charge is 0.267 e. The minimum absolute atomic E-state index is 0.0383. The van der Waals surface area contributed by atoms with Gasteiger partial charge in [0, 0.05) is 5.38 Å². The van der Waals surface area contributed by atoms with E-state index >= 15 is 0 Å². The van der Waals surface area contributed by atoms with Gasteiger partial charge in [0.05, 0.1) is 10.5 Å². The van der Waals surface area contributed by atoms with Crippen LogP contribution in [-0.2, 0) is 0 Å². The van der Waals surface area contributed by atoms with Crippen LogP contribution in [0, 0.1) is 0 Å². The Kier molecular flexibility index (Phi) is 3.07. The highest BCUT2D eigenvalue weighted by Crippen LogP contribution is 2.19. The lowest BCUT2D eigenvalue weighted by Crippen LogP contribution is -2.18. The second kappa shape index (κ2) is 4.33. The third-order valence-electron chi connectivity index (χ3n) is 2.31.